The highest BCUT2D eigenvalue weighted by Crippen LogP contribution is 2.40. The summed E-state index contributed by atoms with van der Waals surface area (Å²) in [4.78, 5) is 14.5. The minimum atomic E-state index is -3.74. The van der Waals surface area contributed by atoms with Gasteiger partial charge in [-0.05, 0) is 42.0 Å². The monoisotopic (exact) mass is 428 g/mol. The molecule has 1 aromatic heterocycles. The molecule has 1 aliphatic rings. The summed E-state index contributed by atoms with van der Waals surface area (Å²) in [5.41, 5.74) is 1.49. The number of hydrogen-bond acceptors (Lipinski definition) is 5. The average Bonchev–Trinajstić information content (AvgIpc) is 3.36. The van der Waals surface area contributed by atoms with Crippen LogP contribution in [0.3, 0.4) is 0 Å². The van der Waals surface area contributed by atoms with Crippen LogP contribution in [0.15, 0.2) is 77.8 Å². The Kier molecular flexibility index (Phi) is 5.38. The van der Waals surface area contributed by atoms with Gasteiger partial charge in [-0.3, -0.25) is 4.79 Å². The number of amides is 1. The number of carbonyl (C=O) groups excluding carboxylic acids is 1. The van der Waals surface area contributed by atoms with Crippen LogP contribution in [0, 0.1) is 0 Å². The van der Waals surface area contributed by atoms with E-state index in [9.17, 15) is 13.2 Å². The first-order valence-electron chi connectivity index (χ1n) is 9.02. The van der Waals surface area contributed by atoms with Crippen LogP contribution in [0.4, 0.5) is 0 Å². The Morgan fingerprint density at radius 1 is 1.07 bits per heavy atom. The lowest BCUT2D eigenvalue weighted by molar-refractivity contribution is -0.128. The number of methoxy groups -OCH3 is 1. The van der Waals surface area contributed by atoms with Gasteiger partial charge in [0.05, 0.1) is 23.5 Å². The molecule has 4 rings (SSSR count). The normalized spacial score (nSPS) is 16.9. The molecule has 0 bridgehead atoms. The maximum Gasteiger partial charge on any atom is 0.267 e. The first kappa shape index (κ1) is 19.6. The molecule has 29 heavy (non-hydrogen) atoms. The van der Waals surface area contributed by atoms with Gasteiger partial charge < -0.3 is 9.64 Å². The molecule has 1 unspecified atom stereocenters. The molecular formula is C21H20N2O4S2. The largest absolute Gasteiger partial charge is 0.497 e. The number of benzene rings is 2. The van der Waals surface area contributed by atoms with E-state index in [1.165, 1.54) is 21.9 Å². The maximum atomic E-state index is 13.1. The highest BCUT2D eigenvalue weighted by molar-refractivity contribution is 8.00. The zero-order valence-electron chi connectivity index (χ0n) is 15.8. The van der Waals surface area contributed by atoms with Gasteiger partial charge in [0.15, 0.2) is 0 Å². The average molecular weight is 429 g/mol. The van der Waals surface area contributed by atoms with Crippen molar-refractivity contribution in [2.45, 2.75) is 16.8 Å². The van der Waals surface area contributed by atoms with E-state index in [0.29, 0.717) is 23.7 Å². The zero-order chi connectivity index (χ0) is 20.4. The first-order valence-corrected chi connectivity index (χ1v) is 11.5. The summed E-state index contributed by atoms with van der Waals surface area (Å²) < 4.78 is 32.8. The van der Waals surface area contributed by atoms with Crippen LogP contribution in [-0.4, -0.2) is 36.1 Å². The molecule has 8 heteroatoms. The van der Waals surface area contributed by atoms with Gasteiger partial charge in [0.1, 0.15) is 11.1 Å². The van der Waals surface area contributed by atoms with Crippen molar-refractivity contribution in [1.82, 2.24) is 8.87 Å². The molecule has 150 valence electrons. The fourth-order valence-corrected chi connectivity index (χ4v) is 6.00. The Morgan fingerprint density at radius 3 is 2.62 bits per heavy atom. The third-order valence-electron chi connectivity index (χ3n) is 4.75. The first-order chi connectivity index (χ1) is 14.0. The molecule has 6 nitrogen and oxygen atoms in total. The van der Waals surface area contributed by atoms with Crippen molar-refractivity contribution in [3.63, 3.8) is 0 Å². The van der Waals surface area contributed by atoms with E-state index in [4.69, 9.17) is 4.74 Å². The van der Waals surface area contributed by atoms with Crippen LogP contribution >= 0.6 is 11.8 Å². The zero-order valence-corrected chi connectivity index (χ0v) is 17.4. The highest BCUT2D eigenvalue weighted by Gasteiger charge is 2.36. The molecule has 3 aromatic rings. The molecule has 2 aromatic carbocycles. The fourth-order valence-electron chi connectivity index (χ4n) is 3.33. The molecule has 0 radical (unpaired) electrons. The van der Waals surface area contributed by atoms with Gasteiger partial charge in [-0.25, -0.2) is 12.4 Å². The van der Waals surface area contributed by atoms with Crippen molar-refractivity contribution in [3.8, 4) is 5.75 Å². The standard InChI is InChI=1S/C21H20N2O4S2/c1-27-17-8-5-7-16(13-17)14-22-20(24)15-28-21(22)19-11-6-12-23(19)29(25,26)18-9-3-2-4-10-18/h2-13,21H,14-15H2,1H3. The van der Waals surface area contributed by atoms with E-state index in [-0.39, 0.29) is 16.2 Å². The van der Waals surface area contributed by atoms with E-state index in [1.807, 2.05) is 24.3 Å². The van der Waals surface area contributed by atoms with Gasteiger partial charge in [0, 0.05) is 12.7 Å². The van der Waals surface area contributed by atoms with Crippen LogP contribution in [0.5, 0.6) is 5.75 Å². The molecule has 2 heterocycles. The summed E-state index contributed by atoms with van der Waals surface area (Å²) >= 11 is 1.43. The number of nitrogens with zero attached hydrogens (tertiary/aromatic N) is 2. The summed E-state index contributed by atoms with van der Waals surface area (Å²) in [6.07, 6.45) is 1.53. The summed E-state index contributed by atoms with van der Waals surface area (Å²) in [7, 11) is -2.15. The molecule has 0 spiro atoms. The molecule has 1 atom stereocenters. The van der Waals surface area contributed by atoms with E-state index >= 15 is 0 Å². The maximum absolute atomic E-state index is 13.1. The second-order valence-electron chi connectivity index (χ2n) is 6.58. The molecule has 1 aliphatic heterocycles. The number of thioether (sulfide) groups is 1. The predicted octanol–water partition coefficient (Wildman–Crippen LogP) is 3.51. The Balaban J connectivity index is 1.68. The van der Waals surface area contributed by atoms with Crippen molar-refractivity contribution in [2.24, 2.45) is 0 Å². The lowest BCUT2D eigenvalue weighted by atomic mass is 10.2. The van der Waals surface area contributed by atoms with E-state index < -0.39 is 10.0 Å². The van der Waals surface area contributed by atoms with Gasteiger partial charge >= 0.3 is 0 Å². The van der Waals surface area contributed by atoms with Gasteiger partial charge in [0.2, 0.25) is 5.91 Å². The summed E-state index contributed by atoms with van der Waals surface area (Å²) in [6, 6.07) is 19.3. The topological polar surface area (TPSA) is 68.6 Å². The summed E-state index contributed by atoms with van der Waals surface area (Å²) in [6.45, 7) is 0.379. The number of carbonyl (C=O) groups is 1. The van der Waals surface area contributed by atoms with Crippen molar-refractivity contribution in [2.75, 3.05) is 12.9 Å². The lowest BCUT2D eigenvalue weighted by Crippen LogP contribution is -2.29. The van der Waals surface area contributed by atoms with E-state index in [2.05, 4.69) is 0 Å². The van der Waals surface area contributed by atoms with Crippen molar-refractivity contribution in [1.29, 1.82) is 0 Å². The third kappa shape index (κ3) is 3.77. The van der Waals surface area contributed by atoms with Crippen LogP contribution < -0.4 is 4.74 Å². The van der Waals surface area contributed by atoms with Crippen LogP contribution in [-0.2, 0) is 21.4 Å². The summed E-state index contributed by atoms with van der Waals surface area (Å²) in [5.74, 6) is 1.01. The Morgan fingerprint density at radius 2 is 1.86 bits per heavy atom. The minimum absolute atomic E-state index is 0.0207. The number of aromatic nitrogens is 1. The Labute approximate surface area is 174 Å². The molecule has 0 N–H and O–H groups in total. The Hall–Kier alpha value is -2.71. The molecule has 0 saturated carbocycles. The van der Waals surface area contributed by atoms with Crippen LogP contribution in [0.25, 0.3) is 0 Å². The van der Waals surface area contributed by atoms with Gasteiger partial charge in [-0.1, -0.05) is 30.3 Å². The number of ether oxygens (including phenoxy) is 1. The van der Waals surface area contributed by atoms with Gasteiger partial charge in [-0.2, -0.15) is 0 Å². The van der Waals surface area contributed by atoms with E-state index in [0.717, 1.165) is 5.56 Å². The predicted molar refractivity (Wildman–Crippen MR) is 112 cm³/mol. The van der Waals surface area contributed by atoms with Crippen molar-refractivity contribution in [3.05, 3.63) is 84.2 Å². The smallest absolute Gasteiger partial charge is 0.267 e. The quantitative estimate of drug-likeness (QED) is 0.601. The van der Waals surface area contributed by atoms with E-state index in [1.54, 1.807) is 54.5 Å². The summed E-state index contributed by atoms with van der Waals surface area (Å²) in [5, 5.41) is -0.387. The van der Waals surface area contributed by atoms with Crippen molar-refractivity contribution >= 4 is 27.7 Å². The molecule has 1 saturated heterocycles. The second-order valence-corrected chi connectivity index (χ2v) is 9.47. The molecule has 1 amide bonds. The Bertz CT molecular complexity index is 1130. The number of rotatable bonds is 6. The number of hydrogen-bond donors (Lipinski definition) is 0. The van der Waals surface area contributed by atoms with Gasteiger partial charge in [0.25, 0.3) is 10.0 Å². The van der Waals surface area contributed by atoms with Crippen LogP contribution in [0.1, 0.15) is 16.6 Å². The van der Waals surface area contributed by atoms with Crippen LogP contribution in [0.2, 0.25) is 0 Å². The lowest BCUT2D eigenvalue weighted by Gasteiger charge is -2.25. The third-order valence-corrected chi connectivity index (χ3v) is 7.69. The molecule has 0 aliphatic carbocycles. The fraction of sp³-hybridized carbons (Fsp3) is 0.190. The second kappa shape index (κ2) is 7.96. The van der Waals surface area contributed by atoms with Gasteiger partial charge in [-0.15, -0.1) is 11.8 Å². The SMILES string of the molecule is COc1cccc(CN2C(=O)CSC2c2cccn2S(=O)(=O)c2ccccc2)c1. The van der Waals surface area contributed by atoms with Crippen molar-refractivity contribution < 1.29 is 17.9 Å². The molecular weight excluding hydrogens is 408 g/mol. The highest BCUT2D eigenvalue weighted by atomic mass is 32.2. The molecule has 1 fully saturated rings. The minimum Gasteiger partial charge on any atom is -0.497 e.